The number of anilines is 2. The van der Waals surface area contributed by atoms with Crippen LogP contribution in [0, 0.1) is 6.92 Å². The predicted molar refractivity (Wildman–Crippen MR) is 85.4 cm³/mol. The molecule has 1 heterocycles. The van der Waals surface area contributed by atoms with Crippen molar-refractivity contribution < 1.29 is 4.74 Å². The maximum absolute atomic E-state index is 5.91. The van der Waals surface area contributed by atoms with Crippen molar-refractivity contribution in [2.75, 3.05) is 24.3 Å². The fourth-order valence-corrected chi connectivity index (χ4v) is 5.20. The van der Waals surface area contributed by atoms with E-state index in [-0.39, 0.29) is 6.23 Å². The summed E-state index contributed by atoms with van der Waals surface area (Å²) in [7, 11) is 0.635. The zero-order valence-electron chi connectivity index (χ0n) is 12.7. The average molecular weight is 278 g/mol. The fraction of sp³-hybridized carbons (Fsp3) is 0.600. The Kier molecular flexibility index (Phi) is 3.92. The van der Waals surface area contributed by atoms with Crippen LogP contribution in [0.15, 0.2) is 18.2 Å². The lowest BCUT2D eigenvalue weighted by atomic mass is 10.1. The molecule has 1 fully saturated rings. The number of hydrogen-bond acceptors (Lipinski definition) is 3. The van der Waals surface area contributed by atoms with Crippen LogP contribution in [0.1, 0.15) is 12.0 Å². The van der Waals surface area contributed by atoms with Gasteiger partial charge in [-0.2, -0.15) is 0 Å². The van der Waals surface area contributed by atoms with Gasteiger partial charge in [-0.25, -0.2) is 0 Å². The molecule has 1 aromatic carbocycles. The highest BCUT2D eigenvalue weighted by Crippen LogP contribution is 2.40. The van der Waals surface area contributed by atoms with Crippen LogP contribution in [-0.2, 0) is 4.74 Å². The molecule has 0 bridgehead atoms. The Morgan fingerprint density at radius 2 is 2.00 bits per heavy atom. The lowest BCUT2D eigenvalue weighted by Crippen LogP contribution is -2.40. The monoisotopic (exact) mass is 278 g/mol. The summed E-state index contributed by atoms with van der Waals surface area (Å²) in [6.07, 6.45) is 1.45. The first-order valence-corrected chi connectivity index (χ1v) is 10.6. The van der Waals surface area contributed by atoms with E-state index < -0.39 is 8.07 Å². The minimum atomic E-state index is -1.20. The van der Waals surface area contributed by atoms with E-state index in [1.807, 2.05) is 13.2 Å². The van der Waals surface area contributed by atoms with Crippen molar-refractivity contribution in [2.45, 2.75) is 44.8 Å². The Morgan fingerprint density at radius 1 is 1.32 bits per heavy atom. The molecule has 3 nitrogen and oxygen atoms in total. The van der Waals surface area contributed by atoms with Crippen LogP contribution < -0.4 is 10.6 Å². The number of hydrogen-bond donors (Lipinski definition) is 1. The molecule has 0 aromatic heterocycles. The molecule has 0 saturated carbocycles. The molecule has 0 aliphatic carbocycles. The first-order valence-electron chi connectivity index (χ1n) is 7.00. The van der Waals surface area contributed by atoms with E-state index in [4.69, 9.17) is 10.5 Å². The van der Waals surface area contributed by atoms with E-state index in [2.05, 4.69) is 43.6 Å². The molecule has 2 atom stereocenters. The van der Waals surface area contributed by atoms with Crippen molar-refractivity contribution in [3.63, 3.8) is 0 Å². The molecule has 2 rings (SSSR count). The summed E-state index contributed by atoms with van der Waals surface area (Å²) in [4.78, 5) is 2.40. The van der Waals surface area contributed by atoms with Crippen LogP contribution in [0.5, 0.6) is 0 Å². The van der Waals surface area contributed by atoms with Gasteiger partial charge < -0.3 is 15.4 Å². The smallest absolute Gasteiger partial charge is 0.130 e. The summed E-state index contributed by atoms with van der Waals surface area (Å²) in [5.74, 6) is 0. The van der Waals surface area contributed by atoms with Crippen molar-refractivity contribution in [1.82, 2.24) is 0 Å². The Labute approximate surface area is 117 Å². The number of nitrogens with two attached hydrogens (primary N) is 1. The SMILES string of the molecule is COC1C([Si](C)(C)C)CCN1c1ccc(N)c(C)c1. The number of benzene rings is 1. The molecule has 1 saturated heterocycles. The summed E-state index contributed by atoms with van der Waals surface area (Å²) in [6, 6.07) is 6.29. The molecule has 2 unspecified atom stereocenters. The molecule has 106 valence electrons. The first-order chi connectivity index (χ1) is 8.84. The summed E-state index contributed by atoms with van der Waals surface area (Å²) >= 11 is 0. The van der Waals surface area contributed by atoms with Gasteiger partial charge in [0.05, 0.1) is 8.07 Å². The average Bonchev–Trinajstić information content (AvgIpc) is 2.76. The molecule has 19 heavy (non-hydrogen) atoms. The molecule has 1 aliphatic rings. The van der Waals surface area contributed by atoms with Gasteiger partial charge in [0.15, 0.2) is 0 Å². The number of methoxy groups -OCH3 is 1. The van der Waals surface area contributed by atoms with Crippen molar-refractivity contribution in [3.8, 4) is 0 Å². The van der Waals surface area contributed by atoms with Crippen molar-refractivity contribution >= 4 is 19.4 Å². The molecule has 2 N–H and O–H groups in total. The van der Waals surface area contributed by atoms with E-state index in [1.54, 1.807) is 0 Å². The second-order valence-corrected chi connectivity index (χ2v) is 12.1. The second-order valence-electron chi connectivity index (χ2n) is 6.62. The topological polar surface area (TPSA) is 38.5 Å². The summed E-state index contributed by atoms with van der Waals surface area (Å²) in [5, 5.41) is 0. The number of ether oxygens (including phenoxy) is 1. The van der Waals surface area contributed by atoms with Gasteiger partial charge in [0.2, 0.25) is 0 Å². The second kappa shape index (κ2) is 5.17. The normalized spacial score (nSPS) is 23.9. The standard InChI is InChI=1S/C15H26N2OSi/c1-11-10-12(6-7-13(11)16)17-9-8-14(15(17)18-2)19(3,4)5/h6-7,10,14-15H,8-9,16H2,1-5H3. The highest BCUT2D eigenvalue weighted by atomic mass is 28.3. The van der Waals surface area contributed by atoms with E-state index in [0.717, 1.165) is 17.8 Å². The van der Waals surface area contributed by atoms with E-state index in [9.17, 15) is 0 Å². The molecule has 0 radical (unpaired) electrons. The fourth-order valence-electron chi connectivity index (χ4n) is 3.03. The molecule has 4 heteroatoms. The lowest BCUT2D eigenvalue weighted by molar-refractivity contribution is 0.110. The first kappa shape index (κ1) is 14.4. The molecule has 1 aromatic rings. The van der Waals surface area contributed by atoms with Gasteiger partial charge >= 0.3 is 0 Å². The summed E-state index contributed by atoms with van der Waals surface area (Å²) < 4.78 is 5.82. The quantitative estimate of drug-likeness (QED) is 0.679. The summed E-state index contributed by atoms with van der Waals surface area (Å²) in [6.45, 7) is 10.4. The van der Waals surface area contributed by atoms with Crippen LogP contribution in [0.25, 0.3) is 0 Å². The van der Waals surface area contributed by atoms with Gasteiger partial charge in [-0.05, 0) is 37.1 Å². The number of rotatable bonds is 3. The van der Waals surface area contributed by atoms with Gasteiger partial charge in [-0.15, -0.1) is 0 Å². The zero-order valence-corrected chi connectivity index (χ0v) is 13.7. The van der Waals surface area contributed by atoms with E-state index >= 15 is 0 Å². The number of nitrogen functional groups attached to an aromatic ring is 1. The van der Waals surface area contributed by atoms with Crippen LogP contribution in [-0.4, -0.2) is 28.0 Å². The molecule has 0 amide bonds. The highest BCUT2D eigenvalue weighted by molar-refractivity contribution is 6.77. The third-order valence-corrected chi connectivity index (χ3v) is 7.07. The molecule has 1 aliphatic heterocycles. The van der Waals surface area contributed by atoms with E-state index in [0.29, 0.717) is 5.54 Å². The van der Waals surface area contributed by atoms with Crippen molar-refractivity contribution in [3.05, 3.63) is 23.8 Å². The minimum Gasteiger partial charge on any atom is -0.399 e. The van der Waals surface area contributed by atoms with Crippen LogP contribution in [0.3, 0.4) is 0 Å². The van der Waals surface area contributed by atoms with Crippen LogP contribution in [0.4, 0.5) is 11.4 Å². The van der Waals surface area contributed by atoms with Gasteiger partial charge in [0.25, 0.3) is 0 Å². The van der Waals surface area contributed by atoms with Gasteiger partial charge in [-0.3, -0.25) is 0 Å². The Morgan fingerprint density at radius 3 is 2.53 bits per heavy atom. The highest BCUT2D eigenvalue weighted by Gasteiger charge is 2.42. The van der Waals surface area contributed by atoms with Crippen molar-refractivity contribution in [1.29, 1.82) is 0 Å². The van der Waals surface area contributed by atoms with Gasteiger partial charge in [0.1, 0.15) is 6.23 Å². The molecular formula is C15H26N2OSi. The van der Waals surface area contributed by atoms with Gasteiger partial charge in [-0.1, -0.05) is 19.6 Å². The van der Waals surface area contributed by atoms with E-state index in [1.165, 1.54) is 12.1 Å². The maximum atomic E-state index is 5.91. The van der Waals surface area contributed by atoms with Crippen LogP contribution in [0.2, 0.25) is 25.2 Å². The maximum Gasteiger partial charge on any atom is 0.130 e. The number of nitrogens with zero attached hydrogens (tertiary/aromatic N) is 1. The molecular weight excluding hydrogens is 252 g/mol. The third kappa shape index (κ3) is 2.79. The third-order valence-electron chi connectivity index (χ3n) is 4.27. The molecule has 0 spiro atoms. The Balaban J connectivity index is 2.28. The Hall–Kier alpha value is -1.00. The lowest BCUT2D eigenvalue weighted by Gasteiger charge is -2.34. The number of aryl methyl sites for hydroxylation is 1. The van der Waals surface area contributed by atoms with Gasteiger partial charge in [0, 0.05) is 30.6 Å². The van der Waals surface area contributed by atoms with Crippen LogP contribution >= 0.6 is 0 Å². The largest absolute Gasteiger partial charge is 0.399 e. The summed E-state index contributed by atoms with van der Waals surface area (Å²) in [5.41, 5.74) is 9.84. The predicted octanol–water partition coefficient (Wildman–Crippen LogP) is 3.47. The van der Waals surface area contributed by atoms with Crippen molar-refractivity contribution in [2.24, 2.45) is 0 Å². The minimum absolute atomic E-state index is 0.217. The zero-order chi connectivity index (χ0) is 14.2. The Bertz CT molecular complexity index is 456.